The van der Waals surface area contributed by atoms with E-state index in [0.29, 0.717) is 12.3 Å². The van der Waals surface area contributed by atoms with Crippen molar-refractivity contribution in [2.75, 3.05) is 19.6 Å². The highest BCUT2D eigenvalue weighted by atomic mass is 35.5. The van der Waals surface area contributed by atoms with Gasteiger partial charge in [0.1, 0.15) is 0 Å². The molecule has 3 nitrogen and oxygen atoms in total. The molecule has 5 heteroatoms. The molecule has 1 aromatic heterocycles. The Balaban J connectivity index is 0.00000128. The van der Waals surface area contributed by atoms with Gasteiger partial charge in [-0.2, -0.15) is 0 Å². The van der Waals surface area contributed by atoms with Gasteiger partial charge in [0.15, 0.2) is 0 Å². The highest BCUT2D eigenvalue weighted by molar-refractivity contribution is 7.09. The van der Waals surface area contributed by atoms with E-state index < -0.39 is 0 Å². The van der Waals surface area contributed by atoms with E-state index in [-0.39, 0.29) is 18.3 Å². The van der Waals surface area contributed by atoms with Gasteiger partial charge in [0.25, 0.3) is 0 Å². The van der Waals surface area contributed by atoms with Crippen LogP contribution in [-0.2, 0) is 11.2 Å². The lowest BCUT2D eigenvalue weighted by molar-refractivity contribution is -0.121. The molecule has 0 aliphatic carbocycles. The minimum Gasteiger partial charge on any atom is -0.356 e. The largest absolute Gasteiger partial charge is 0.356 e. The molecule has 1 aliphatic rings. The molecule has 2 rings (SSSR count). The second-order valence-electron chi connectivity index (χ2n) is 3.91. The zero-order chi connectivity index (χ0) is 10.5. The quantitative estimate of drug-likeness (QED) is 0.841. The zero-order valence-corrected chi connectivity index (χ0v) is 10.7. The summed E-state index contributed by atoms with van der Waals surface area (Å²) in [6.45, 7) is 2.92. The Morgan fingerprint density at radius 1 is 1.56 bits per heavy atom. The number of hydrogen-bond acceptors (Lipinski definition) is 3. The Morgan fingerprint density at radius 2 is 2.38 bits per heavy atom. The topological polar surface area (TPSA) is 41.1 Å². The number of rotatable bonds is 5. The standard InChI is InChI=1S/C11H16N2OS.ClH/c14-11(13-8-9-6-12-7-9)4-3-10-2-1-5-15-10;/h1-2,5,9,12H,3-4,6-8H2,(H,13,14);1H. The smallest absolute Gasteiger partial charge is 0.220 e. The number of carbonyl (C=O) groups excluding carboxylic acids is 1. The number of aryl methyl sites for hydroxylation is 1. The molecule has 1 aliphatic heterocycles. The molecule has 2 N–H and O–H groups in total. The molecule has 1 aromatic rings. The monoisotopic (exact) mass is 260 g/mol. The molecule has 2 heterocycles. The van der Waals surface area contributed by atoms with E-state index in [1.54, 1.807) is 11.3 Å². The van der Waals surface area contributed by atoms with Crippen LogP contribution in [0, 0.1) is 5.92 Å². The fraction of sp³-hybridized carbons (Fsp3) is 0.545. The van der Waals surface area contributed by atoms with Crippen LogP contribution in [0.15, 0.2) is 17.5 Å². The van der Waals surface area contributed by atoms with Gasteiger partial charge < -0.3 is 10.6 Å². The average Bonchev–Trinajstić information content (AvgIpc) is 2.64. The first-order chi connectivity index (χ1) is 7.34. The van der Waals surface area contributed by atoms with Crippen molar-refractivity contribution in [3.05, 3.63) is 22.4 Å². The van der Waals surface area contributed by atoms with E-state index >= 15 is 0 Å². The second-order valence-corrected chi connectivity index (χ2v) is 4.94. The van der Waals surface area contributed by atoms with Crippen LogP contribution in [-0.4, -0.2) is 25.5 Å². The lowest BCUT2D eigenvalue weighted by atomic mass is 10.0. The number of amides is 1. The predicted octanol–water partition coefficient (Wildman–Crippen LogP) is 1.44. The van der Waals surface area contributed by atoms with Gasteiger partial charge in [0, 0.05) is 36.9 Å². The Hall–Kier alpha value is -0.580. The summed E-state index contributed by atoms with van der Waals surface area (Å²) < 4.78 is 0. The van der Waals surface area contributed by atoms with Crippen LogP contribution in [0.3, 0.4) is 0 Å². The maximum atomic E-state index is 11.5. The summed E-state index contributed by atoms with van der Waals surface area (Å²) in [4.78, 5) is 12.7. The van der Waals surface area contributed by atoms with E-state index in [0.717, 1.165) is 26.1 Å². The SMILES string of the molecule is Cl.O=C(CCc1cccs1)NCC1CNC1. The fourth-order valence-electron chi connectivity index (χ4n) is 1.53. The van der Waals surface area contributed by atoms with E-state index in [2.05, 4.69) is 16.7 Å². The Labute approximate surface area is 106 Å². The second kappa shape index (κ2) is 6.89. The van der Waals surface area contributed by atoms with Crippen molar-refractivity contribution in [2.45, 2.75) is 12.8 Å². The summed E-state index contributed by atoms with van der Waals surface area (Å²) in [6, 6.07) is 4.10. The number of thiophene rings is 1. The van der Waals surface area contributed by atoms with Crippen molar-refractivity contribution >= 4 is 29.7 Å². The molecule has 0 spiro atoms. The molecule has 0 unspecified atom stereocenters. The summed E-state index contributed by atoms with van der Waals surface area (Å²) in [5.74, 6) is 0.825. The Bertz CT molecular complexity index is 312. The van der Waals surface area contributed by atoms with E-state index in [1.807, 2.05) is 11.4 Å². The van der Waals surface area contributed by atoms with Crippen LogP contribution < -0.4 is 10.6 Å². The first-order valence-electron chi connectivity index (χ1n) is 5.34. The van der Waals surface area contributed by atoms with Gasteiger partial charge in [-0.1, -0.05) is 6.07 Å². The van der Waals surface area contributed by atoms with Gasteiger partial charge in [-0.15, -0.1) is 23.7 Å². The minimum absolute atomic E-state index is 0. The molecule has 90 valence electrons. The molecule has 1 fully saturated rings. The molecular formula is C11H17ClN2OS. The number of hydrogen-bond donors (Lipinski definition) is 2. The lowest BCUT2D eigenvalue weighted by Gasteiger charge is -2.27. The normalized spacial score (nSPS) is 15.0. The summed E-state index contributed by atoms with van der Waals surface area (Å²) in [6.07, 6.45) is 1.48. The number of nitrogens with one attached hydrogen (secondary N) is 2. The third kappa shape index (κ3) is 4.12. The Morgan fingerprint density at radius 3 is 2.94 bits per heavy atom. The highest BCUT2D eigenvalue weighted by Crippen LogP contribution is 2.10. The van der Waals surface area contributed by atoms with Gasteiger partial charge in [-0.3, -0.25) is 4.79 Å². The first-order valence-corrected chi connectivity index (χ1v) is 6.22. The van der Waals surface area contributed by atoms with Crippen molar-refractivity contribution in [1.82, 2.24) is 10.6 Å². The van der Waals surface area contributed by atoms with Crippen molar-refractivity contribution in [3.63, 3.8) is 0 Å². The van der Waals surface area contributed by atoms with Gasteiger partial charge in [-0.25, -0.2) is 0 Å². The molecule has 0 radical (unpaired) electrons. The summed E-state index contributed by atoms with van der Waals surface area (Å²) >= 11 is 1.71. The predicted molar refractivity (Wildman–Crippen MR) is 69.3 cm³/mol. The first kappa shape index (κ1) is 13.5. The molecule has 16 heavy (non-hydrogen) atoms. The van der Waals surface area contributed by atoms with Gasteiger partial charge in [0.2, 0.25) is 5.91 Å². The van der Waals surface area contributed by atoms with Gasteiger partial charge in [-0.05, 0) is 17.9 Å². The van der Waals surface area contributed by atoms with Crippen LogP contribution in [0.1, 0.15) is 11.3 Å². The molecular weight excluding hydrogens is 244 g/mol. The molecule has 0 atom stereocenters. The average molecular weight is 261 g/mol. The molecule has 0 saturated carbocycles. The number of halogens is 1. The third-order valence-electron chi connectivity index (χ3n) is 2.63. The summed E-state index contributed by atoms with van der Waals surface area (Å²) in [5, 5.41) is 8.21. The molecule has 1 amide bonds. The van der Waals surface area contributed by atoms with Crippen molar-refractivity contribution in [2.24, 2.45) is 5.92 Å². The van der Waals surface area contributed by atoms with Crippen LogP contribution in [0.4, 0.5) is 0 Å². The van der Waals surface area contributed by atoms with Crippen molar-refractivity contribution in [1.29, 1.82) is 0 Å². The maximum absolute atomic E-state index is 11.5. The van der Waals surface area contributed by atoms with Crippen LogP contribution >= 0.6 is 23.7 Å². The summed E-state index contributed by atoms with van der Waals surface area (Å²) in [7, 11) is 0. The third-order valence-corrected chi connectivity index (χ3v) is 3.57. The molecule has 1 saturated heterocycles. The molecule has 0 aromatic carbocycles. The number of carbonyl (C=O) groups is 1. The van der Waals surface area contributed by atoms with Crippen LogP contribution in [0.5, 0.6) is 0 Å². The maximum Gasteiger partial charge on any atom is 0.220 e. The van der Waals surface area contributed by atoms with E-state index in [4.69, 9.17) is 0 Å². The van der Waals surface area contributed by atoms with Crippen LogP contribution in [0.25, 0.3) is 0 Å². The van der Waals surface area contributed by atoms with Crippen LogP contribution in [0.2, 0.25) is 0 Å². The lowest BCUT2D eigenvalue weighted by Crippen LogP contribution is -2.48. The minimum atomic E-state index is 0. The Kier molecular flexibility index (Phi) is 5.80. The fourth-order valence-corrected chi connectivity index (χ4v) is 2.24. The van der Waals surface area contributed by atoms with E-state index in [1.165, 1.54) is 4.88 Å². The van der Waals surface area contributed by atoms with Gasteiger partial charge >= 0.3 is 0 Å². The van der Waals surface area contributed by atoms with Crippen molar-refractivity contribution in [3.8, 4) is 0 Å². The van der Waals surface area contributed by atoms with E-state index in [9.17, 15) is 4.79 Å². The van der Waals surface area contributed by atoms with Gasteiger partial charge in [0.05, 0.1) is 0 Å². The zero-order valence-electron chi connectivity index (χ0n) is 9.07. The summed E-state index contributed by atoms with van der Waals surface area (Å²) in [5.41, 5.74) is 0. The van der Waals surface area contributed by atoms with Crippen molar-refractivity contribution < 1.29 is 4.79 Å². The highest BCUT2D eigenvalue weighted by Gasteiger charge is 2.16. The molecule has 0 bridgehead atoms.